The summed E-state index contributed by atoms with van der Waals surface area (Å²) >= 11 is 0. The third-order valence-electron chi connectivity index (χ3n) is 0.759. The van der Waals surface area contributed by atoms with Gasteiger partial charge in [0.1, 0.15) is 6.04 Å². The normalized spacial score (nSPS) is 12.7. The molecule has 0 aliphatic heterocycles. The molecule has 0 radical (unpaired) electrons. The number of rotatable bonds is 3. The number of carboxylic acids is 1. The molecule has 0 saturated heterocycles. The minimum atomic E-state index is -1.21. The predicted octanol–water partition coefficient (Wildman–Crippen LogP) is 0.272. The van der Waals surface area contributed by atoms with Crippen LogP contribution >= 0.6 is 0 Å². The van der Waals surface area contributed by atoms with E-state index in [4.69, 9.17) is 10.8 Å². The minimum Gasteiger partial charge on any atom is -0.480 e. The second-order valence-corrected chi connectivity index (χ2v) is 1.67. The smallest absolute Gasteiger partial charge is 0.320 e. The average Bonchev–Trinajstić information content (AvgIpc) is 1.63. The van der Waals surface area contributed by atoms with Gasteiger partial charge in [-0.2, -0.15) is 0 Å². The van der Waals surface area contributed by atoms with Crippen molar-refractivity contribution >= 4 is 5.97 Å². The second kappa shape index (κ2) is 3.19. The number of hydrogen-bond acceptors (Lipinski definition) is 2. The molecule has 0 amide bonds. The zero-order chi connectivity index (χ0) is 7.44. The second-order valence-electron chi connectivity index (χ2n) is 1.67. The molecule has 3 nitrogen and oxygen atoms in total. The molecule has 4 heteroatoms. The summed E-state index contributed by atoms with van der Waals surface area (Å²) in [7, 11) is 0. The molecule has 1 atom stereocenters. The zero-order valence-electron chi connectivity index (χ0n) is 4.80. The number of nitrogens with two attached hydrogens (primary N) is 1. The van der Waals surface area contributed by atoms with Crippen LogP contribution in [0.1, 0.15) is 6.42 Å². The summed E-state index contributed by atoms with van der Waals surface area (Å²) in [6.07, 6.45) is -0.310. The van der Waals surface area contributed by atoms with E-state index in [1.165, 1.54) is 0 Å². The molecule has 0 saturated carbocycles. The van der Waals surface area contributed by atoms with Gasteiger partial charge < -0.3 is 10.8 Å². The summed E-state index contributed by atoms with van der Waals surface area (Å²) in [5.41, 5.74) is 4.92. The standard InChI is InChI=1S/C5H8FNO2/c1-3(6)2-4(7)5(8)9/h4H,1-2,7H2,(H,8,9)/t4-/m0/s1. The monoisotopic (exact) mass is 133 g/mol. The van der Waals surface area contributed by atoms with Crippen LogP contribution in [-0.2, 0) is 4.79 Å². The maximum absolute atomic E-state index is 11.8. The molecule has 0 aromatic rings. The highest BCUT2D eigenvalue weighted by Gasteiger charge is 2.11. The molecule has 0 bridgehead atoms. The van der Waals surface area contributed by atoms with Gasteiger partial charge in [0, 0.05) is 6.42 Å². The van der Waals surface area contributed by atoms with Crippen molar-refractivity contribution in [2.45, 2.75) is 12.5 Å². The Bertz CT molecular complexity index is 135. The quantitative estimate of drug-likeness (QED) is 0.580. The van der Waals surface area contributed by atoms with Gasteiger partial charge in [-0.15, -0.1) is 0 Å². The van der Waals surface area contributed by atoms with Crippen molar-refractivity contribution in [1.29, 1.82) is 0 Å². The van der Waals surface area contributed by atoms with Crippen LogP contribution in [0.5, 0.6) is 0 Å². The van der Waals surface area contributed by atoms with E-state index in [0.717, 1.165) is 0 Å². The largest absolute Gasteiger partial charge is 0.480 e. The van der Waals surface area contributed by atoms with Crippen LogP contribution in [0.2, 0.25) is 0 Å². The Labute approximate surface area is 52.0 Å². The first-order valence-corrected chi connectivity index (χ1v) is 2.35. The molecule has 3 N–H and O–H groups in total. The lowest BCUT2D eigenvalue weighted by Crippen LogP contribution is -2.29. The molecule has 0 aliphatic rings. The molecule has 0 rings (SSSR count). The number of carbonyl (C=O) groups is 1. The highest BCUT2D eigenvalue weighted by atomic mass is 19.1. The van der Waals surface area contributed by atoms with Gasteiger partial charge in [0.05, 0.1) is 5.83 Å². The predicted molar refractivity (Wildman–Crippen MR) is 30.5 cm³/mol. The van der Waals surface area contributed by atoms with Crippen LogP contribution in [-0.4, -0.2) is 17.1 Å². The number of halogens is 1. The van der Waals surface area contributed by atoms with Crippen molar-refractivity contribution in [3.8, 4) is 0 Å². The minimum absolute atomic E-state index is 0.310. The lowest BCUT2D eigenvalue weighted by Gasteiger charge is -2.00. The fourth-order valence-electron chi connectivity index (χ4n) is 0.326. The van der Waals surface area contributed by atoms with Gasteiger partial charge in [0.2, 0.25) is 0 Å². The topological polar surface area (TPSA) is 63.3 Å². The Kier molecular flexibility index (Phi) is 2.87. The fourth-order valence-corrected chi connectivity index (χ4v) is 0.326. The zero-order valence-corrected chi connectivity index (χ0v) is 4.80. The third kappa shape index (κ3) is 3.66. The van der Waals surface area contributed by atoms with Gasteiger partial charge in [-0.3, -0.25) is 4.79 Å². The van der Waals surface area contributed by atoms with Gasteiger partial charge >= 0.3 is 5.97 Å². The van der Waals surface area contributed by atoms with E-state index in [1.807, 2.05) is 0 Å². The van der Waals surface area contributed by atoms with E-state index in [2.05, 4.69) is 6.58 Å². The average molecular weight is 133 g/mol. The van der Waals surface area contributed by atoms with Crippen LogP contribution in [0.15, 0.2) is 12.4 Å². The summed E-state index contributed by atoms with van der Waals surface area (Å²) in [6.45, 7) is 2.87. The van der Waals surface area contributed by atoms with Gasteiger partial charge in [0.15, 0.2) is 0 Å². The Morgan fingerprint density at radius 2 is 2.33 bits per heavy atom. The van der Waals surface area contributed by atoms with E-state index in [0.29, 0.717) is 0 Å². The van der Waals surface area contributed by atoms with Crippen LogP contribution in [0.25, 0.3) is 0 Å². The summed E-state index contributed by atoms with van der Waals surface area (Å²) in [6, 6.07) is -1.16. The first kappa shape index (κ1) is 8.10. The first-order chi connectivity index (χ1) is 4.04. The molecule has 0 aromatic heterocycles. The third-order valence-corrected chi connectivity index (χ3v) is 0.759. The van der Waals surface area contributed by atoms with E-state index in [1.54, 1.807) is 0 Å². The molecule has 0 spiro atoms. The Morgan fingerprint density at radius 3 is 2.44 bits per heavy atom. The highest BCUT2D eigenvalue weighted by Crippen LogP contribution is 2.01. The van der Waals surface area contributed by atoms with Crippen LogP contribution < -0.4 is 5.73 Å². The van der Waals surface area contributed by atoms with Crippen molar-refractivity contribution in [3.05, 3.63) is 12.4 Å². The van der Waals surface area contributed by atoms with Crippen molar-refractivity contribution in [2.24, 2.45) is 5.73 Å². The van der Waals surface area contributed by atoms with Crippen LogP contribution in [0.4, 0.5) is 4.39 Å². The lowest BCUT2D eigenvalue weighted by atomic mass is 10.2. The fraction of sp³-hybridized carbons (Fsp3) is 0.400. The Morgan fingerprint density at radius 1 is 1.89 bits per heavy atom. The van der Waals surface area contributed by atoms with Gasteiger partial charge in [-0.25, -0.2) is 4.39 Å². The SMILES string of the molecule is C=C(F)C[C@H](N)C(=O)O. The van der Waals surface area contributed by atoms with Crippen LogP contribution in [0, 0.1) is 0 Å². The Balaban J connectivity index is 3.63. The molecular formula is C5H8FNO2. The molecule has 52 valence electrons. The molecule has 0 aromatic carbocycles. The van der Waals surface area contributed by atoms with Gasteiger partial charge in [-0.05, 0) is 0 Å². The van der Waals surface area contributed by atoms with Crippen molar-refractivity contribution in [1.82, 2.24) is 0 Å². The number of hydrogen-bond donors (Lipinski definition) is 2. The molecule has 0 unspecified atom stereocenters. The summed E-state index contributed by atoms with van der Waals surface area (Å²) in [5.74, 6) is -1.92. The summed E-state index contributed by atoms with van der Waals surface area (Å²) in [4.78, 5) is 9.90. The highest BCUT2D eigenvalue weighted by molar-refractivity contribution is 5.73. The number of aliphatic carboxylic acids is 1. The maximum atomic E-state index is 11.8. The number of carboxylic acid groups (broad SMARTS) is 1. The van der Waals surface area contributed by atoms with Gasteiger partial charge in [-0.1, -0.05) is 6.58 Å². The van der Waals surface area contributed by atoms with Gasteiger partial charge in [0.25, 0.3) is 0 Å². The molecule has 0 heterocycles. The van der Waals surface area contributed by atoms with E-state index in [9.17, 15) is 9.18 Å². The Hall–Kier alpha value is -0.900. The molecule has 0 aliphatic carbocycles. The van der Waals surface area contributed by atoms with Crippen molar-refractivity contribution < 1.29 is 14.3 Å². The van der Waals surface area contributed by atoms with Crippen molar-refractivity contribution in [3.63, 3.8) is 0 Å². The summed E-state index contributed by atoms with van der Waals surface area (Å²) < 4.78 is 11.8. The van der Waals surface area contributed by atoms with E-state index < -0.39 is 17.8 Å². The lowest BCUT2D eigenvalue weighted by molar-refractivity contribution is -0.138. The first-order valence-electron chi connectivity index (χ1n) is 2.35. The molecule has 9 heavy (non-hydrogen) atoms. The van der Waals surface area contributed by atoms with E-state index in [-0.39, 0.29) is 6.42 Å². The van der Waals surface area contributed by atoms with Crippen LogP contribution in [0.3, 0.4) is 0 Å². The van der Waals surface area contributed by atoms with Crippen molar-refractivity contribution in [2.75, 3.05) is 0 Å². The molecule has 0 fully saturated rings. The molecular weight excluding hydrogens is 125 g/mol. The maximum Gasteiger partial charge on any atom is 0.320 e. The summed E-state index contributed by atoms with van der Waals surface area (Å²) in [5, 5.41) is 8.10. The van der Waals surface area contributed by atoms with E-state index >= 15 is 0 Å².